The smallest absolute Gasteiger partial charge is 0.316 e. The van der Waals surface area contributed by atoms with Crippen LogP contribution in [0.5, 0.6) is 5.75 Å². The minimum atomic E-state index is -0.471. The Kier molecular flexibility index (Phi) is 5.56. The predicted octanol–water partition coefficient (Wildman–Crippen LogP) is 4.82. The summed E-state index contributed by atoms with van der Waals surface area (Å²) in [5.74, 6) is -0.435. The van der Waals surface area contributed by atoms with Gasteiger partial charge in [-0.15, -0.1) is 11.8 Å². The highest BCUT2D eigenvalue weighted by Gasteiger charge is 2.08. The van der Waals surface area contributed by atoms with Crippen molar-refractivity contribution in [3.63, 3.8) is 0 Å². The lowest BCUT2D eigenvalue weighted by Gasteiger charge is -2.07. The lowest BCUT2D eigenvalue weighted by molar-refractivity contribution is -0.141. The van der Waals surface area contributed by atoms with Crippen molar-refractivity contribution in [1.29, 1.82) is 0 Å². The topological polar surface area (TPSA) is 35.5 Å². The monoisotopic (exact) mass is 356 g/mol. The number of methoxy groups -OCH3 is 1. The first kappa shape index (κ1) is 17.3. The van der Waals surface area contributed by atoms with Crippen LogP contribution in [0.15, 0.2) is 65.6 Å². The zero-order valence-electron chi connectivity index (χ0n) is 13.7. The van der Waals surface area contributed by atoms with E-state index in [0.717, 1.165) is 15.7 Å². The van der Waals surface area contributed by atoms with E-state index in [2.05, 4.69) is 0 Å². The van der Waals surface area contributed by atoms with Crippen LogP contribution in [0.2, 0.25) is 0 Å². The van der Waals surface area contributed by atoms with E-state index in [4.69, 9.17) is 9.47 Å². The van der Waals surface area contributed by atoms with Crippen LogP contribution in [-0.2, 0) is 16.1 Å². The minimum Gasteiger partial charge on any atom is -0.494 e. The molecule has 3 nitrogen and oxygen atoms in total. The van der Waals surface area contributed by atoms with Crippen molar-refractivity contribution in [2.45, 2.75) is 11.5 Å². The molecule has 25 heavy (non-hydrogen) atoms. The summed E-state index contributed by atoms with van der Waals surface area (Å²) in [4.78, 5) is 12.9. The molecule has 0 heterocycles. The lowest BCUT2D eigenvalue weighted by atomic mass is 10.1. The third-order valence-electron chi connectivity index (χ3n) is 3.69. The van der Waals surface area contributed by atoms with Gasteiger partial charge < -0.3 is 9.47 Å². The molecule has 0 bridgehead atoms. The Bertz CT molecular complexity index is 895. The van der Waals surface area contributed by atoms with Crippen LogP contribution in [-0.4, -0.2) is 18.8 Å². The van der Waals surface area contributed by atoms with Crippen molar-refractivity contribution >= 4 is 28.5 Å². The van der Waals surface area contributed by atoms with Crippen LogP contribution in [0.25, 0.3) is 10.8 Å². The summed E-state index contributed by atoms with van der Waals surface area (Å²) in [6.45, 7) is 0.0397. The average molecular weight is 356 g/mol. The molecular formula is C20H17FO3S. The summed E-state index contributed by atoms with van der Waals surface area (Å²) in [7, 11) is 1.40. The molecule has 0 spiro atoms. The fraction of sp³-hybridized carbons (Fsp3) is 0.150. The van der Waals surface area contributed by atoms with Gasteiger partial charge in [0.05, 0.1) is 12.9 Å². The van der Waals surface area contributed by atoms with Gasteiger partial charge in [-0.2, -0.15) is 0 Å². The molecule has 0 aliphatic heterocycles. The number of hydrogen-bond donors (Lipinski definition) is 0. The minimum absolute atomic E-state index is 0.0397. The molecule has 0 N–H and O–H groups in total. The van der Waals surface area contributed by atoms with Gasteiger partial charge in [-0.1, -0.05) is 36.4 Å². The molecule has 3 rings (SSSR count). The molecule has 0 unspecified atom stereocenters. The van der Waals surface area contributed by atoms with E-state index >= 15 is 0 Å². The van der Waals surface area contributed by atoms with Crippen molar-refractivity contribution in [3.05, 3.63) is 72.0 Å². The Balaban J connectivity index is 1.52. The molecule has 0 saturated carbocycles. The van der Waals surface area contributed by atoms with Crippen molar-refractivity contribution in [1.82, 2.24) is 0 Å². The van der Waals surface area contributed by atoms with Crippen LogP contribution in [0.3, 0.4) is 0 Å². The van der Waals surface area contributed by atoms with Gasteiger partial charge in [-0.3, -0.25) is 4.79 Å². The van der Waals surface area contributed by atoms with E-state index in [-0.39, 0.29) is 24.1 Å². The number of ether oxygens (including phenoxy) is 2. The number of fused-ring (bicyclic) bond motifs is 1. The van der Waals surface area contributed by atoms with Crippen LogP contribution < -0.4 is 4.74 Å². The van der Waals surface area contributed by atoms with Crippen molar-refractivity contribution in [2.24, 2.45) is 0 Å². The van der Waals surface area contributed by atoms with E-state index in [9.17, 15) is 9.18 Å². The van der Waals surface area contributed by atoms with Crippen LogP contribution in [0, 0.1) is 5.82 Å². The molecule has 128 valence electrons. The van der Waals surface area contributed by atoms with Gasteiger partial charge in [-0.05, 0) is 40.6 Å². The Morgan fingerprint density at radius 1 is 1.04 bits per heavy atom. The maximum absolute atomic E-state index is 13.6. The number of hydrogen-bond acceptors (Lipinski definition) is 4. The Labute approximate surface area is 149 Å². The van der Waals surface area contributed by atoms with E-state index < -0.39 is 5.82 Å². The summed E-state index contributed by atoms with van der Waals surface area (Å²) >= 11 is 1.42. The fourth-order valence-electron chi connectivity index (χ4n) is 2.40. The van der Waals surface area contributed by atoms with E-state index in [1.165, 1.54) is 31.0 Å². The third-order valence-corrected chi connectivity index (χ3v) is 4.66. The largest absolute Gasteiger partial charge is 0.494 e. The first-order chi connectivity index (χ1) is 12.2. The summed E-state index contributed by atoms with van der Waals surface area (Å²) < 4.78 is 23.7. The summed E-state index contributed by atoms with van der Waals surface area (Å²) in [6.07, 6.45) is 0. The first-order valence-electron chi connectivity index (χ1n) is 7.75. The fourth-order valence-corrected chi connectivity index (χ4v) is 3.15. The maximum atomic E-state index is 13.6. The SMILES string of the molecule is COc1ccc(COC(=O)CSc2ccc3ccccc3c2)cc1F. The molecule has 0 aliphatic rings. The van der Waals surface area contributed by atoms with Crippen molar-refractivity contribution in [2.75, 3.05) is 12.9 Å². The molecule has 3 aromatic carbocycles. The maximum Gasteiger partial charge on any atom is 0.316 e. The van der Waals surface area contributed by atoms with Crippen molar-refractivity contribution in [3.8, 4) is 5.75 Å². The normalized spacial score (nSPS) is 10.6. The van der Waals surface area contributed by atoms with Crippen molar-refractivity contribution < 1.29 is 18.7 Å². The molecule has 0 saturated heterocycles. The zero-order valence-corrected chi connectivity index (χ0v) is 14.5. The number of carbonyl (C=O) groups excluding carboxylic acids is 1. The molecule has 0 amide bonds. The van der Waals surface area contributed by atoms with E-state index in [0.29, 0.717) is 5.56 Å². The van der Waals surface area contributed by atoms with E-state index in [1.54, 1.807) is 6.07 Å². The summed E-state index contributed by atoms with van der Waals surface area (Å²) in [5.41, 5.74) is 0.586. The van der Waals surface area contributed by atoms with Gasteiger partial charge in [0, 0.05) is 4.90 Å². The summed E-state index contributed by atoms with van der Waals surface area (Å²) in [5, 5.41) is 2.30. The highest BCUT2D eigenvalue weighted by Crippen LogP contribution is 2.24. The van der Waals surface area contributed by atoms with Crippen LogP contribution >= 0.6 is 11.8 Å². The quantitative estimate of drug-likeness (QED) is 0.468. The molecule has 0 fully saturated rings. The molecule has 5 heteroatoms. The van der Waals surface area contributed by atoms with Gasteiger partial charge in [0.15, 0.2) is 11.6 Å². The second kappa shape index (κ2) is 8.03. The number of halogens is 1. The highest BCUT2D eigenvalue weighted by molar-refractivity contribution is 8.00. The average Bonchev–Trinajstić information content (AvgIpc) is 2.64. The lowest BCUT2D eigenvalue weighted by Crippen LogP contribution is -2.07. The van der Waals surface area contributed by atoms with Gasteiger partial charge in [0.1, 0.15) is 6.61 Å². The van der Waals surface area contributed by atoms with Crippen LogP contribution in [0.1, 0.15) is 5.56 Å². The second-order valence-corrected chi connectivity index (χ2v) is 6.48. The van der Waals surface area contributed by atoms with Gasteiger partial charge >= 0.3 is 5.97 Å². The Morgan fingerprint density at radius 3 is 2.60 bits per heavy atom. The second-order valence-electron chi connectivity index (χ2n) is 5.43. The number of esters is 1. The highest BCUT2D eigenvalue weighted by atomic mass is 32.2. The number of carbonyl (C=O) groups is 1. The van der Waals surface area contributed by atoms with Crippen LogP contribution in [0.4, 0.5) is 4.39 Å². The van der Waals surface area contributed by atoms with Gasteiger partial charge in [0.2, 0.25) is 0 Å². The zero-order chi connectivity index (χ0) is 17.6. The molecular weight excluding hydrogens is 339 g/mol. The van der Waals surface area contributed by atoms with E-state index in [1.807, 2.05) is 42.5 Å². The number of thioether (sulfide) groups is 1. The molecule has 0 atom stereocenters. The molecule has 0 radical (unpaired) electrons. The molecule has 3 aromatic rings. The number of rotatable bonds is 6. The molecule has 0 aromatic heterocycles. The Hall–Kier alpha value is -2.53. The predicted molar refractivity (Wildman–Crippen MR) is 97.4 cm³/mol. The Morgan fingerprint density at radius 2 is 1.84 bits per heavy atom. The first-order valence-corrected chi connectivity index (χ1v) is 8.74. The number of benzene rings is 3. The third kappa shape index (κ3) is 4.51. The summed E-state index contributed by atoms with van der Waals surface area (Å²) in [6, 6.07) is 18.6. The standard InChI is InChI=1S/C20H17FO3S/c1-23-19-9-6-14(10-18(19)21)12-24-20(22)13-25-17-8-7-15-4-2-3-5-16(15)11-17/h2-11H,12-13H2,1H3. The molecule has 0 aliphatic carbocycles. The van der Waals surface area contributed by atoms with Gasteiger partial charge in [-0.25, -0.2) is 4.39 Å². The van der Waals surface area contributed by atoms with Gasteiger partial charge in [0.25, 0.3) is 0 Å².